The van der Waals surface area contributed by atoms with Gasteiger partial charge in [-0.3, -0.25) is 4.90 Å². The Balaban J connectivity index is 1.15. The molecule has 7 heteroatoms. The number of nitrogens with zero attached hydrogens (tertiary/aromatic N) is 3. The van der Waals surface area contributed by atoms with E-state index in [0.717, 1.165) is 72.9 Å². The molecular weight excluding hydrogens is 520 g/mol. The summed E-state index contributed by atoms with van der Waals surface area (Å²) in [6.07, 6.45) is 7.07. The van der Waals surface area contributed by atoms with Crippen LogP contribution >= 0.6 is 11.6 Å². The third kappa shape index (κ3) is 5.90. The zero-order valence-corrected chi connectivity index (χ0v) is 24.0. The van der Waals surface area contributed by atoms with Crippen molar-refractivity contribution in [3.8, 4) is 11.5 Å². The van der Waals surface area contributed by atoms with Gasteiger partial charge in [-0.05, 0) is 66.1 Å². The normalized spacial score (nSPS) is 17.9. The fraction of sp³-hybridized carbons (Fsp3) is 0.364. The van der Waals surface area contributed by atoms with E-state index >= 15 is 0 Å². The van der Waals surface area contributed by atoms with Gasteiger partial charge in [-0.2, -0.15) is 0 Å². The zero-order chi connectivity index (χ0) is 27.7. The smallest absolute Gasteiger partial charge is 0.146 e. The molecule has 3 heterocycles. The van der Waals surface area contributed by atoms with Gasteiger partial charge in [-0.15, -0.1) is 0 Å². The Morgan fingerprint density at radius 1 is 1.02 bits per heavy atom. The summed E-state index contributed by atoms with van der Waals surface area (Å²) in [5.74, 6) is 1.32. The Bertz CT molecular complexity index is 1520. The second-order valence-electron chi connectivity index (χ2n) is 11.8. The molecule has 6 rings (SSSR count). The summed E-state index contributed by atoms with van der Waals surface area (Å²) in [4.78, 5) is 12.5. The van der Waals surface area contributed by atoms with E-state index in [2.05, 4.69) is 51.8 Å². The van der Waals surface area contributed by atoms with Crippen molar-refractivity contribution in [2.45, 2.75) is 39.7 Å². The van der Waals surface area contributed by atoms with Gasteiger partial charge in [-0.1, -0.05) is 49.2 Å². The van der Waals surface area contributed by atoms with Gasteiger partial charge in [0.2, 0.25) is 0 Å². The van der Waals surface area contributed by atoms with Crippen molar-refractivity contribution < 1.29 is 9.84 Å². The van der Waals surface area contributed by atoms with Crippen LogP contribution in [0.25, 0.3) is 16.6 Å². The summed E-state index contributed by atoms with van der Waals surface area (Å²) in [7, 11) is 0. The summed E-state index contributed by atoms with van der Waals surface area (Å²) in [6.45, 7) is 9.62. The summed E-state index contributed by atoms with van der Waals surface area (Å²) in [5.41, 5.74) is 7.42. The van der Waals surface area contributed by atoms with E-state index < -0.39 is 0 Å². The lowest BCUT2D eigenvalue weighted by Gasteiger charge is -2.39. The van der Waals surface area contributed by atoms with E-state index in [9.17, 15) is 5.11 Å². The average Bonchev–Trinajstić information content (AvgIpc) is 3.43. The summed E-state index contributed by atoms with van der Waals surface area (Å²) < 4.78 is 6.22. The molecule has 0 unspecified atom stereocenters. The Morgan fingerprint density at radius 2 is 1.82 bits per heavy atom. The van der Waals surface area contributed by atoms with Crippen LogP contribution in [-0.2, 0) is 6.61 Å². The molecule has 0 spiro atoms. The molecule has 0 atom stereocenters. The Kier molecular flexibility index (Phi) is 7.58. The lowest BCUT2D eigenvalue weighted by molar-refractivity contribution is 0.264. The van der Waals surface area contributed by atoms with Crippen LogP contribution in [0.15, 0.2) is 72.6 Å². The molecule has 208 valence electrons. The molecule has 2 aromatic carbocycles. The molecule has 2 aromatic heterocycles. The summed E-state index contributed by atoms with van der Waals surface area (Å²) >= 11 is 6.19. The Hall–Kier alpha value is -3.32. The number of anilines is 1. The van der Waals surface area contributed by atoms with Gasteiger partial charge in [0.1, 0.15) is 17.1 Å². The first kappa shape index (κ1) is 26.9. The number of fused-ring (bicyclic) bond motifs is 1. The second kappa shape index (κ2) is 11.3. The Labute approximate surface area is 241 Å². The molecule has 0 radical (unpaired) electrons. The number of halogens is 1. The number of H-pyrrole nitrogens is 1. The highest BCUT2D eigenvalue weighted by Gasteiger charge is 2.29. The zero-order valence-electron chi connectivity index (χ0n) is 23.3. The summed E-state index contributed by atoms with van der Waals surface area (Å²) in [5, 5.41) is 11.7. The number of hydrogen-bond acceptors (Lipinski definition) is 5. The predicted molar refractivity (Wildman–Crippen MR) is 163 cm³/mol. The van der Waals surface area contributed by atoms with Gasteiger partial charge >= 0.3 is 0 Å². The maximum atomic E-state index is 9.94. The van der Waals surface area contributed by atoms with Crippen LogP contribution in [0.2, 0.25) is 5.02 Å². The van der Waals surface area contributed by atoms with Crippen molar-refractivity contribution in [2.75, 3.05) is 37.6 Å². The number of benzene rings is 2. The summed E-state index contributed by atoms with van der Waals surface area (Å²) in [6, 6.07) is 18.4. The van der Waals surface area contributed by atoms with E-state index in [-0.39, 0.29) is 6.61 Å². The lowest BCUT2D eigenvalue weighted by atomic mass is 9.72. The van der Waals surface area contributed by atoms with Crippen LogP contribution < -0.4 is 9.64 Å². The highest BCUT2D eigenvalue weighted by atomic mass is 35.5. The fourth-order valence-corrected chi connectivity index (χ4v) is 6.09. The number of hydrogen-bond donors (Lipinski definition) is 2. The van der Waals surface area contributed by atoms with E-state index in [1.54, 1.807) is 11.8 Å². The third-order valence-corrected chi connectivity index (χ3v) is 8.61. The van der Waals surface area contributed by atoms with Crippen molar-refractivity contribution in [2.24, 2.45) is 5.41 Å². The van der Waals surface area contributed by atoms with Crippen molar-refractivity contribution >= 4 is 33.9 Å². The average molecular weight is 557 g/mol. The van der Waals surface area contributed by atoms with Gasteiger partial charge in [0, 0.05) is 66.6 Å². The first-order valence-corrected chi connectivity index (χ1v) is 14.5. The van der Waals surface area contributed by atoms with Gasteiger partial charge in [0.15, 0.2) is 0 Å². The maximum Gasteiger partial charge on any atom is 0.146 e. The van der Waals surface area contributed by atoms with Crippen LogP contribution in [0.1, 0.15) is 44.2 Å². The largest absolute Gasteiger partial charge is 0.455 e. The number of pyridine rings is 1. The number of allylic oxidation sites excluding steroid dienone is 1. The molecule has 0 saturated carbocycles. The fourth-order valence-electron chi connectivity index (χ4n) is 5.97. The first-order chi connectivity index (χ1) is 19.4. The van der Waals surface area contributed by atoms with E-state index in [0.29, 0.717) is 16.9 Å². The minimum Gasteiger partial charge on any atom is -0.455 e. The van der Waals surface area contributed by atoms with Crippen LogP contribution in [0.5, 0.6) is 11.5 Å². The van der Waals surface area contributed by atoms with Crippen LogP contribution in [0, 0.1) is 5.41 Å². The first-order valence-electron chi connectivity index (χ1n) is 14.2. The van der Waals surface area contributed by atoms with Gasteiger partial charge in [-0.25, -0.2) is 4.98 Å². The monoisotopic (exact) mass is 556 g/mol. The Morgan fingerprint density at radius 3 is 2.60 bits per heavy atom. The third-order valence-electron chi connectivity index (χ3n) is 8.35. The molecule has 40 heavy (non-hydrogen) atoms. The van der Waals surface area contributed by atoms with E-state index in [4.69, 9.17) is 16.3 Å². The standard InChI is InChI=1S/C33H37ClN4O2/c1-33(2)11-9-25(30(19-33)23-3-6-27(34)7-4-23)21-37-13-15-38(16-14-37)28-8-5-26(22-39)31(18-28)40-29-17-24-10-12-35-32(24)36-20-29/h3-8,10,12,17-18,20,39H,9,11,13-16,19,21-22H2,1-2H3,(H,35,36). The molecule has 1 aliphatic heterocycles. The maximum absolute atomic E-state index is 9.94. The highest BCUT2D eigenvalue weighted by Crippen LogP contribution is 2.43. The van der Waals surface area contributed by atoms with Crippen LogP contribution in [0.4, 0.5) is 5.69 Å². The number of aliphatic hydroxyl groups is 1. The van der Waals surface area contributed by atoms with Gasteiger partial charge in [0.05, 0.1) is 12.8 Å². The lowest BCUT2D eigenvalue weighted by Crippen LogP contribution is -2.47. The van der Waals surface area contributed by atoms with E-state index in [1.165, 1.54) is 17.6 Å². The number of aliphatic hydroxyl groups excluding tert-OH is 1. The topological polar surface area (TPSA) is 64.6 Å². The molecule has 2 N–H and O–H groups in total. The molecular formula is C33H37ClN4O2. The molecule has 1 aliphatic carbocycles. The molecule has 2 aliphatic rings. The number of nitrogens with one attached hydrogen (secondary N) is 1. The van der Waals surface area contributed by atoms with Crippen LogP contribution in [-0.4, -0.2) is 52.7 Å². The highest BCUT2D eigenvalue weighted by molar-refractivity contribution is 6.30. The minimum absolute atomic E-state index is 0.0783. The minimum atomic E-state index is -0.0783. The quantitative estimate of drug-likeness (QED) is 0.250. The molecule has 6 nitrogen and oxygen atoms in total. The van der Waals surface area contributed by atoms with Crippen molar-refractivity contribution in [1.29, 1.82) is 0 Å². The van der Waals surface area contributed by atoms with Crippen molar-refractivity contribution in [1.82, 2.24) is 14.9 Å². The molecule has 0 amide bonds. The SMILES string of the molecule is CC1(C)CCC(CN2CCN(c3ccc(CO)c(Oc4cnc5[nH]ccc5c4)c3)CC2)=C(c2ccc(Cl)cc2)C1. The van der Waals surface area contributed by atoms with Crippen LogP contribution in [0.3, 0.4) is 0 Å². The molecule has 0 bridgehead atoms. The van der Waals surface area contributed by atoms with Crippen molar-refractivity contribution in [3.05, 3.63) is 88.7 Å². The molecule has 1 saturated heterocycles. The number of aromatic amines is 1. The number of aromatic nitrogens is 2. The van der Waals surface area contributed by atoms with E-state index in [1.807, 2.05) is 42.6 Å². The molecule has 4 aromatic rings. The number of ether oxygens (including phenoxy) is 1. The van der Waals surface area contributed by atoms with Gasteiger partial charge in [0.25, 0.3) is 0 Å². The van der Waals surface area contributed by atoms with Gasteiger partial charge < -0.3 is 19.7 Å². The van der Waals surface area contributed by atoms with Crippen molar-refractivity contribution in [3.63, 3.8) is 0 Å². The number of rotatable bonds is 7. The molecule has 1 fully saturated rings. The second-order valence-corrected chi connectivity index (χ2v) is 12.3. The predicted octanol–water partition coefficient (Wildman–Crippen LogP) is 7.29. The number of piperazine rings is 1.